The number of benzene rings is 7. The van der Waals surface area contributed by atoms with E-state index in [1.54, 1.807) is 0 Å². The van der Waals surface area contributed by atoms with E-state index in [1.165, 1.54) is 60.5 Å². The smallest absolute Gasteiger partial charge is 0.145 e. The zero-order chi connectivity index (χ0) is 37.3. The van der Waals surface area contributed by atoms with Crippen LogP contribution in [0.1, 0.15) is 44.0 Å². The summed E-state index contributed by atoms with van der Waals surface area (Å²) in [5.41, 5.74) is 14.3. The summed E-state index contributed by atoms with van der Waals surface area (Å²) in [6.07, 6.45) is 13.0. The maximum atomic E-state index is 5.50. The Morgan fingerprint density at radius 1 is 0.655 bits per heavy atom. The van der Waals surface area contributed by atoms with Crippen molar-refractivity contribution >= 4 is 33.2 Å². The van der Waals surface area contributed by atoms with Gasteiger partial charge in [-0.05, 0) is 98.3 Å². The van der Waals surface area contributed by atoms with Gasteiger partial charge in [0.25, 0.3) is 0 Å². The molecule has 0 amide bonds. The van der Waals surface area contributed by atoms with Crippen LogP contribution in [0.25, 0.3) is 83.8 Å². The van der Waals surface area contributed by atoms with Gasteiger partial charge in [0, 0.05) is 16.8 Å². The summed E-state index contributed by atoms with van der Waals surface area (Å²) in [5.74, 6) is 1.47. The Kier molecular flexibility index (Phi) is 9.17. The van der Waals surface area contributed by atoms with Crippen molar-refractivity contribution in [2.45, 2.75) is 33.6 Å². The third-order valence-corrected chi connectivity index (χ3v) is 11.0. The van der Waals surface area contributed by atoms with Crippen LogP contribution in [0.15, 0.2) is 176 Å². The van der Waals surface area contributed by atoms with Crippen LogP contribution in [0.3, 0.4) is 0 Å². The molecule has 0 radical (unpaired) electrons. The fourth-order valence-electron chi connectivity index (χ4n) is 8.45. The average molecular weight is 709 g/mol. The Hall–Kier alpha value is -6.51. The highest BCUT2D eigenvalue weighted by molar-refractivity contribution is 6.21. The van der Waals surface area contributed by atoms with Crippen molar-refractivity contribution in [1.82, 2.24) is 9.55 Å². The molecule has 1 aromatic heterocycles. The molecular weight excluding hydrogens is 665 g/mol. The molecule has 55 heavy (non-hydrogen) atoms. The molecule has 8 aromatic rings. The van der Waals surface area contributed by atoms with Crippen molar-refractivity contribution in [2.75, 3.05) is 0 Å². The van der Waals surface area contributed by atoms with Gasteiger partial charge in [0.15, 0.2) is 0 Å². The zero-order valence-electron chi connectivity index (χ0n) is 31.7. The van der Waals surface area contributed by atoms with E-state index in [9.17, 15) is 0 Å². The molecule has 1 atom stereocenters. The minimum atomic E-state index is 0.542. The molecule has 1 aliphatic carbocycles. The molecule has 0 saturated carbocycles. The maximum absolute atomic E-state index is 5.50. The van der Waals surface area contributed by atoms with Gasteiger partial charge in [-0.15, -0.1) is 0 Å². The van der Waals surface area contributed by atoms with Gasteiger partial charge >= 0.3 is 0 Å². The fraction of sp³-hybridized carbons (Fsp3) is 0.113. The Bertz CT molecular complexity index is 2720. The van der Waals surface area contributed by atoms with Crippen LogP contribution in [0, 0.1) is 5.92 Å². The van der Waals surface area contributed by atoms with Crippen LogP contribution < -0.4 is 0 Å². The lowest BCUT2D eigenvalue weighted by Gasteiger charge is -2.21. The van der Waals surface area contributed by atoms with Gasteiger partial charge in [-0.25, -0.2) is 4.98 Å². The summed E-state index contributed by atoms with van der Waals surface area (Å²) >= 11 is 0. The second-order valence-corrected chi connectivity index (χ2v) is 14.6. The minimum absolute atomic E-state index is 0.542. The predicted molar refractivity (Wildman–Crippen MR) is 235 cm³/mol. The molecule has 0 fully saturated rings. The maximum Gasteiger partial charge on any atom is 0.145 e. The molecule has 2 heteroatoms. The van der Waals surface area contributed by atoms with Crippen LogP contribution in [-0.2, 0) is 6.42 Å². The molecule has 1 aliphatic rings. The second kappa shape index (κ2) is 14.7. The lowest BCUT2D eigenvalue weighted by atomic mass is 9.83. The molecule has 7 aromatic carbocycles. The van der Waals surface area contributed by atoms with Crippen molar-refractivity contribution in [3.63, 3.8) is 0 Å². The Balaban J connectivity index is 1.31. The molecule has 0 bridgehead atoms. The summed E-state index contributed by atoms with van der Waals surface area (Å²) in [5, 5.41) is 5.03. The number of allylic oxidation sites excluding steroid dienone is 5. The zero-order valence-corrected chi connectivity index (χ0v) is 31.7. The quantitative estimate of drug-likeness (QED) is 0.113. The molecular formula is C53H44N2. The van der Waals surface area contributed by atoms with E-state index in [1.807, 2.05) is 0 Å². The molecule has 0 spiro atoms. The van der Waals surface area contributed by atoms with E-state index in [-0.39, 0.29) is 0 Å². The highest BCUT2D eigenvalue weighted by atomic mass is 15.1. The number of hydrogen-bond acceptors (Lipinski definition) is 1. The van der Waals surface area contributed by atoms with E-state index in [2.05, 4.69) is 207 Å². The van der Waals surface area contributed by atoms with Crippen LogP contribution in [0.5, 0.6) is 0 Å². The summed E-state index contributed by atoms with van der Waals surface area (Å²) in [6, 6.07) is 55.4. The van der Waals surface area contributed by atoms with Gasteiger partial charge in [-0.1, -0.05) is 184 Å². The van der Waals surface area contributed by atoms with Crippen LogP contribution in [-0.4, -0.2) is 9.55 Å². The van der Waals surface area contributed by atoms with Gasteiger partial charge in [0.1, 0.15) is 5.82 Å². The van der Waals surface area contributed by atoms with Gasteiger partial charge in [0.05, 0.1) is 11.4 Å². The Morgan fingerprint density at radius 2 is 1.24 bits per heavy atom. The highest BCUT2D eigenvalue weighted by Crippen LogP contribution is 2.45. The number of nitrogens with zero attached hydrogens (tertiary/aromatic N) is 2. The lowest BCUT2D eigenvalue weighted by Crippen LogP contribution is -2.03. The Morgan fingerprint density at radius 3 is 1.85 bits per heavy atom. The van der Waals surface area contributed by atoms with E-state index >= 15 is 0 Å². The average Bonchev–Trinajstić information content (AvgIpc) is 3.64. The van der Waals surface area contributed by atoms with Gasteiger partial charge in [-0.2, -0.15) is 0 Å². The number of imidazole rings is 1. The van der Waals surface area contributed by atoms with Crippen LogP contribution in [0.2, 0.25) is 0 Å². The second-order valence-electron chi connectivity index (χ2n) is 14.6. The molecule has 266 valence electrons. The van der Waals surface area contributed by atoms with Crippen molar-refractivity contribution in [2.24, 2.45) is 5.92 Å². The van der Waals surface area contributed by atoms with Crippen LogP contribution >= 0.6 is 0 Å². The molecule has 2 nitrogen and oxygen atoms in total. The van der Waals surface area contributed by atoms with Gasteiger partial charge in [-0.3, -0.25) is 4.57 Å². The Labute approximate surface area is 324 Å². The third kappa shape index (κ3) is 6.24. The van der Waals surface area contributed by atoms with E-state index in [0.29, 0.717) is 5.92 Å². The summed E-state index contributed by atoms with van der Waals surface area (Å²) < 4.78 is 2.38. The van der Waals surface area contributed by atoms with Crippen molar-refractivity contribution in [3.05, 3.63) is 193 Å². The molecule has 0 aliphatic heterocycles. The van der Waals surface area contributed by atoms with Gasteiger partial charge in [0.2, 0.25) is 0 Å². The predicted octanol–water partition coefficient (Wildman–Crippen LogP) is 14.4. The first kappa shape index (κ1) is 34.3. The van der Waals surface area contributed by atoms with E-state index in [0.717, 1.165) is 46.9 Å². The topological polar surface area (TPSA) is 17.8 Å². The van der Waals surface area contributed by atoms with E-state index < -0.39 is 0 Å². The summed E-state index contributed by atoms with van der Waals surface area (Å²) in [6.45, 7) is 6.58. The SMILES string of the molecule is C/C=C\C=C(/CC)c1nc(-c2ccccc2)n(-c2cccc(-c3c4ccccc4c(-c4ccc5c(c4)CC(C)C=C5)c4ccccc34)c2)c1-c1ccccc1. The minimum Gasteiger partial charge on any atom is -0.292 e. The largest absolute Gasteiger partial charge is 0.292 e. The first-order valence-corrected chi connectivity index (χ1v) is 19.5. The summed E-state index contributed by atoms with van der Waals surface area (Å²) in [4.78, 5) is 5.50. The number of fused-ring (bicyclic) bond motifs is 3. The number of rotatable bonds is 8. The highest BCUT2D eigenvalue weighted by Gasteiger charge is 2.24. The fourth-order valence-corrected chi connectivity index (χ4v) is 8.45. The first-order chi connectivity index (χ1) is 27.1. The molecule has 0 saturated heterocycles. The molecule has 1 heterocycles. The van der Waals surface area contributed by atoms with Crippen LogP contribution in [0.4, 0.5) is 0 Å². The van der Waals surface area contributed by atoms with E-state index in [4.69, 9.17) is 4.98 Å². The molecule has 9 rings (SSSR count). The molecule has 0 N–H and O–H groups in total. The van der Waals surface area contributed by atoms with Crippen molar-refractivity contribution < 1.29 is 0 Å². The summed E-state index contributed by atoms with van der Waals surface area (Å²) in [7, 11) is 0. The first-order valence-electron chi connectivity index (χ1n) is 19.5. The normalized spacial score (nSPS) is 14.2. The van der Waals surface area contributed by atoms with Crippen molar-refractivity contribution in [3.8, 4) is 50.6 Å². The van der Waals surface area contributed by atoms with Gasteiger partial charge < -0.3 is 0 Å². The monoisotopic (exact) mass is 708 g/mol. The lowest BCUT2D eigenvalue weighted by molar-refractivity contribution is 0.717. The third-order valence-electron chi connectivity index (χ3n) is 11.0. The number of aromatic nitrogens is 2. The van der Waals surface area contributed by atoms with Crippen molar-refractivity contribution in [1.29, 1.82) is 0 Å². The number of hydrogen-bond donors (Lipinski definition) is 0. The molecule has 1 unspecified atom stereocenters. The standard InChI is InChI=1S/C53H44N2/c1-4-6-18-37(5-2)51-52(39-19-9-7-10-20-39)55(53(54-51)40-21-11-8-12-22-40)44-24-17-23-41(35-44)49-45-25-13-15-27-47(45)50(48-28-16-14-26-46(48)49)42-32-31-38-30-29-36(3)33-43(38)34-42/h4,6-32,34-36H,5,33H2,1-3H3/b6-4-,37-18+.